The van der Waals surface area contributed by atoms with Crippen LogP contribution in [-0.4, -0.2) is 31.0 Å². The van der Waals surface area contributed by atoms with Crippen LogP contribution in [0.4, 0.5) is 0 Å². The predicted octanol–water partition coefficient (Wildman–Crippen LogP) is 1.74. The van der Waals surface area contributed by atoms with Crippen molar-refractivity contribution >= 4 is 0 Å². The highest BCUT2D eigenvalue weighted by Gasteiger charge is 2.18. The quantitative estimate of drug-likeness (QED) is 0.881. The third-order valence-corrected chi connectivity index (χ3v) is 3.43. The molecular formula is C14H17N3O2. The summed E-state index contributed by atoms with van der Waals surface area (Å²) in [6, 6.07) is 5.82. The minimum Gasteiger partial charge on any atom is -0.497 e. The first-order valence-electron chi connectivity index (χ1n) is 6.32. The summed E-state index contributed by atoms with van der Waals surface area (Å²) in [4.78, 5) is 0. The molecule has 1 aromatic heterocycles. The highest BCUT2D eigenvalue weighted by Crippen LogP contribution is 2.32. The van der Waals surface area contributed by atoms with Gasteiger partial charge >= 0.3 is 0 Å². The Morgan fingerprint density at radius 2 is 1.84 bits per heavy atom. The normalized spacial score (nSPS) is 14.0. The molecular weight excluding hydrogens is 242 g/mol. The molecule has 2 aromatic rings. The summed E-state index contributed by atoms with van der Waals surface area (Å²) in [6.07, 6.45) is 0.990. The van der Waals surface area contributed by atoms with Gasteiger partial charge in [0.15, 0.2) is 0 Å². The van der Waals surface area contributed by atoms with Crippen LogP contribution < -0.4 is 14.8 Å². The van der Waals surface area contributed by atoms with Gasteiger partial charge in [0.1, 0.15) is 11.5 Å². The molecule has 5 nitrogen and oxygen atoms in total. The standard InChI is InChI=1S/C14H17N3O2/c1-18-10-5-9(6-11(7-10)19-2)14-12-8-15-4-3-13(12)16-17-14/h5-7,15H,3-4,8H2,1-2H3,(H,16,17). The maximum Gasteiger partial charge on any atom is 0.123 e. The van der Waals surface area contributed by atoms with Crippen molar-refractivity contribution in [2.75, 3.05) is 20.8 Å². The number of benzene rings is 1. The van der Waals surface area contributed by atoms with E-state index in [9.17, 15) is 0 Å². The number of hydrogen-bond donors (Lipinski definition) is 2. The number of rotatable bonds is 3. The Hall–Kier alpha value is -2.01. The monoisotopic (exact) mass is 259 g/mol. The van der Waals surface area contributed by atoms with E-state index in [1.54, 1.807) is 14.2 Å². The van der Waals surface area contributed by atoms with Crippen LogP contribution in [0.1, 0.15) is 11.3 Å². The molecule has 0 unspecified atom stereocenters. The van der Waals surface area contributed by atoms with Crippen molar-refractivity contribution in [1.82, 2.24) is 15.5 Å². The van der Waals surface area contributed by atoms with E-state index in [1.807, 2.05) is 18.2 Å². The van der Waals surface area contributed by atoms with Crippen LogP contribution >= 0.6 is 0 Å². The van der Waals surface area contributed by atoms with E-state index in [-0.39, 0.29) is 0 Å². The predicted molar refractivity (Wildman–Crippen MR) is 72.5 cm³/mol. The van der Waals surface area contributed by atoms with Gasteiger partial charge in [0.05, 0.1) is 19.9 Å². The lowest BCUT2D eigenvalue weighted by molar-refractivity contribution is 0.394. The van der Waals surface area contributed by atoms with E-state index < -0.39 is 0 Å². The van der Waals surface area contributed by atoms with Gasteiger partial charge in [0, 0.05) is 42.4 Å². The van der Waals surface area contributed by atoms with Crippen LogP contribution in [-0.2, 0) is 13.0 Å². The summed E-state index contributed by atoms with van der Waals surface area (Å²) in [5.74, 6) is 1.55. The molecule has 0 fully saturated rings. The van der Waals surface area contributed by atoms with Crippen LogP contribution in [0.25, 0.3) is 11.3 Å². The molecule has 0 saturated heterocycles. The molecule has 1 aliphatic heterocycles. The molecule has 1 aromatic carbocycles. The van der Waals surface area contributed by atoms with Crippen LogP contribution in [0.15, 0.2) is 18.2 Å². The Labute approximate surface area is 111 Å². The average Bonchev–Trinajstić information content (AvgIpc) is 2.90. The Morgan fingerprint density at radius 3 is 2.53 bits per heavy atom. The van der Waals surface area contributed by atoms with Crippen LogP contribution in [0.5, 0.6) is 11.5 Å². The molecule has 0 bridgehead atoms. The fourth-order valence-corrected chi connectivity index (χ4v) is 2.41. The third kappa shape index (κ3) is 2.17. The van der Waals surface area contributed by atoms with Gasteiger partial charge in [-0.25, -0.2) is 0 Å². The number of H-pyrrole nitrogens is 1. The van der Waals surface area contributed by atoms with E-state index >= 15 is 0 Å². The summed E-state index contributed by atoms with van der Waals surface area (Å²) in [7, 11) is 3.31. The van der Waals surface area contributed by atoms with Crippen molar-refractivity contribution < 1.29 is 9.47 Å². The first kappa shape index (κ1) is 12.0. The van der Waals surface area contributed by atoms with Crippen molar-refractivity contribution in [2.24, 2.45) is 0 Å². The molecule has 0 spiro atoms. The molecule has 0 aliphatic carbocycles. The second-order valence-electron chi connectivity index (χ2n) is 4.56. The number of methoxy groups -OCH3 is 2. The number of hydrogen-bond acceptors (Lipinski definition) is 4. The third-order valence-electron chi connectivity index (χ3n) is 3.43. The maximum atomic E-state index is 5.31. The Bertz CT molecular complexity index is 570. The molecule has 2 N–H and O–H groups in total. The zero-order valence-electron chi connectivity index (χ0n) is 11.1. The lowest BCUT2D eigenvalue weighted by Gasteiger charge is -2.13. The van der Waals surface area contributed by atoms with Gasteiger partial charge in [-0.05, 0) is 12.1 Å². The van der Waals surface area contributed by atoms with E-state index in [1.165, 1.54) is 11.3 Å². The number of fused-ring (bicyclic) bond motifs is 1. The zero-order chi connectivity index (χ0) is 13.2. The molecule has 3 rings (SSSR count). The van der Waals surface area contributed by atoms with Crippen LogP contribution in [0.3, 0.4) is 0 Å². The van der Waals surface area contributed by atoms with E-state index in [0.29, 0.717) is 0 Å². The zero-order valence-corrected chi connectivity index (χ0v) is 11.1. The molecule has 0 saturated carbocycles. The SMILES string of the molecule is COc1cc(OC)cc(-c2n[nH]c3c2CNCC3)c1. The van der Waals surface area contributed by atoms with Crippen LogP contribution in [0, 0.1) is 0 Å². The minimum atomic E-state index is 0.773. The lowest BCUT2D eigenvalue weighted by atomic mass is 10.0. The van der Waals surface area contributed by atoms with Crippen molar-refractivity contribution in [2.45, 2.75) is 13.0 Å². The number of aromatic nitrogens is 2. The molecule has 1 aliphatic rings. The van der Waals surface area contributed by atoms with Crippen LogP contribution in [0.2, 0.25) is 0 Å². The Kier molecular flexibility index (Phi) is 3.13. The fourth-order valence-electron chi connectivity index (χ4n) is 2.41. The molecule has 0 radical (unpaired) electrons. The number of nitrogens with one attached hydrogen (secondary N) is 2. The Morgan fingerprint density at radius 1 is 1.11 bits per heavy atom. The lowest BCUT2D eigenvalue weighted by Crippen LogP contribution is -2.23. The second kappa shape index (κ2) is 4.93. The van der Waals surface area contributed by atoms with Gasteiger partial charge in [-0.1, -0.05) is 0 Å². The summed E-state index contributed by atoms with van der Waals surface area (Å²) >= 11 is 0. The van der Waals surface area contributed by atoms with Gasteiger partial charge in [-0.2, -0.15) is 5.10 Å². The van der Waals surface area contributed by atoms with Gasteiger partial charge in [0.25, 0.3) is 0 Å². The summed E-state index contributed by atoms with van der Waals surface area (Å²) < 4.78 is 10.6. The van der Waals surface area contributed by atoms with E-state index in [0.717, 1.165) is 42.3 Å². The van der Waals surface area contributed by atoms with E-state index in [2.05, 4.69) is 15.5 Å². The van der Waals surface area contributed by atoms with Gasteiger partial charge in [-0.15, -0.1) is 0 Å². The smallest absolute Gasteiger partial charge is 0.123 e. The summed E-state index contributed by atoms with van der Waals surface area (Å²) in [6.45, 7) is 1.84. The number of aromatic amines is 1. The van der Waals surface area contributed by atoms with Crippen molar-refractivity contribution in [1.29, 1.82) is 0 Å². The minimum absolute atomic E-state index is 0.773. The molecule has 0 amide bonds. The maximum absolute atomic E-state index is 5.31. The van der Waals surface area contributed by atoms with Gasteiger partial charge in [0.2, 0.25) is 0 Å². The van der Waals surface area contributed by atoms with Gasteiger partial charge < -0.3 is 14.8 Å². The number of nitrogens with zero attached hydrogens (tertiary/aromatic N) is 1. The van der Waals surface area contributed by atoms with Gasteiger partial charge in [-0.3, -0.25) is 5.10 Å². The van der Waals surface area contributed by atoms with Crippen molar-refractivity contribution in [3.63, 3.8) is 0 Å². The molecule has 2 heterocycles. The van der Waals surface area contributed by atoms with E-state index in [4.69, 9.17) is 9.47 Å². The molecule has 5 heteroatoms. The highest BCUT2D eigenvalue weighted by molar-refractivity contribution is 5.68. The topological polar surface area (TPSA) is 59.2 Å². The first-order valence-corrected chi connectivity index (χ1v) is 6.32. The molecule has 19 heavy (non-hydrogen) atoms. The largest absolute Gasteiger partial charge is 0.497 e. The van der Waals surface area contributed by atoms with Crippen molar-refractivity contribution in [3.8, 4) is 22.8 Å². The first-order chi connectivity index (χ1) is 9.31. The number of ether oxygens (including phenoxy) is 2. The summed E-state index contributed by atoms with van der Waals surface area (Å²) in [5, 5.41) is 10.9. The molecule has 0 atom stereocenters. The second-order valence-corrected chi connectivity index (χ2v) is 4.56. The average molecular weight is 259 g/mol. The fraction of sp³-hybridized carbons (Fsp3) is 0.357. The summed E-state index contributed by atoms with van der Waals surface area (Å²) in [5.41, 5.74) is 4.44. The van der Waals surface area contributed by atoms with Crippen molar-refractivity contribution in [3.05, 3.63) is 29.5 Å². The Balaban J connectivity index is 2.08. The highest BCUT2D eigenvalue weighted by atomic mass is 16.5. The molecule has 100 valence electrons.